The van der Waals surface area contributed by atoms with Crippen molar-refractivity contribution < 1.29 is 32.7 Å². The highest BCUT2D eigenvalue weighted by atomic mass is 19.1. The molecule has 2 fully saturated rings. The van der Waals surface area contributed by atoms with E-state index in [0.29, 0.717) is 0 Å². The van der Waals surface area contributed by atoms with E-state index in [4.69, 9.17) is 11.2 Å². The summed E-state index contributed by atoms with van der Waals surface area (Å²) in [7, 11) is 0. The molecule has 0 saturated carbocycles. The number of nitrogens with zero attached hydrogens (tertiary/aromatic N) is 4. The summed E-state index contributed by atoms with van der Waals surface area (Å²) in [5, 5.41) is 8.20. The van der Waals surface area contributed by atoms with E-state index in [0.717, 1.165) is 17.7 Å². The Labute approximate surface area is 254 Å². The van der Waals surface area contributed by atoms with E-state index in [2.05, 4.69) is 23.1 Å². The number of carbonyl (C=O) groups excluding carboxylic acids is 4. The molecular weight excluding hydrogens is 574 g/mol. The van der Waals surface area contributed by atoms with Gasteiger partial charge >= 0.3 is 12.1 Å². The van der Waals surface area contributed by atoms with Crippen LogP contribution in [0.25, 0.3) is 0 Å². The van der Waals surface area contributed by atoms with Crippen LogP contribution in [0.3, 0.4) is 0 Å². The molecule has 11 nitrogen and oxygen atoms in total. The Kier molecular flexibility index (Phi) is 10.9. The molecule has 0 radical (unpaired) electrons. The molecule has 0 bridgehead atoms. The molecule has 0 unspecified atom stereocenters. The average molecular weight is 609 g/mol. The maximum atomic E-state index is 14.7. The largest absolute Gasteiger partial charge is 0.445 e. The summed E-state index contributed by atoms with van der Waals surface area (Å²) in [6.07, 6.45) is 5.77. The van der Waals surface area contributed by atoms with Crippen LogP contribution in [0.2, 0.25) is 0 Å². The number of rotatable bonds is 11. The predicted octanol–water partition coefficient (Wildman–Crippen LogP) is 2.60. The molecule has 2 aromatic carbocycles. The number of ether oxygens (including phenoxy) is 1. The van der Waals surface area contributed by atoms with Crippen molar-refractivity contribution in [3.05, 3.63) is 83.9 Å². The van der Waals surface area contributed by atoms with Crippen LogP contribution in [0.1, 0.15) is 24.0 Å². The fraction of sp³-hybridized carbons (Fsp3) is 0.355. The minimum absolute atomic E-state index is 0.0299. The van der Waals surface area contributed by atoms with Crippen LogP contribution in [0.5, 0.6) is 0 Å². The second-order valence-corrected chi connectivity index (χ2v) is 10.2. The number of terminal acetylenes is 1. The number of alkyl carbamates (subject to hydrolysis) is 1. The maximum absolute atomic E-state index is 14.7. The molecular formula is C31H34F2N6O5. The van der Waals surface area contributed by atoms with Gasteiger partial charge in [-0.1, -0.05) is 55.0 Å². The van der Waals surface area contributed by atoms with Gasteiger partial charge in [-0.05, 0) is 24.5 Å². The third kappa shape index (κ3) is 7.70. The molecule has 5 amide bonds. The third-order valence-electron chi connectivity index (χ3n) is 7.23. The molecule has 0 aliphatic carbocycles. The first-order valence-corrected chi connectivity index (χ1v) is 14.1. The summed E-state index contributed by atoms with van der Waals surface area (Å²) in [4.78, 5) is 55.6. The van der Waals surface area contributed by atoms with Gasteiger partial charge in [-0.2, -0.15) is 5.01 Å². The first-order valence-electron chi connectivity index (χ1n) is 14.1. The Morgan fingerprint density at radius 3 is 2.61 bits per heavy atom. The normalized spacial score (nSPS) is 18.3. The molecule has 44 heavy (non-hydrogen) atoms. The van der Waals surface area contributed by atoms with Gasteiger partial charge < -0.3 is 25.2 Å². The van der Waals surface area contributed by atoms with Gasteiger partial charge in [0.1, 0.15) is 30.4 Å². The Balaban J connectivity index is 1.61. The minimum Gasteiger partial charge on any atom is -0.445 e. The van der Waals surface area contributed by atoms with E-state index >= 15 is 0 Å². The zero-order chi connectivity index (χ0) is 31.6. The molecule has 2 saturated heterocycles. The monoisotopic (exact) mass is 608 g/mol. The molecule has 4 rings (SSSR count). The number of halogens is 2. The number of amides is 5. The van der Waals surface area contributed by atoms with E-state index in [1.54, 1.807) is 0 Å². The number of benzene rings is 2. The van der Waals surface area contributed by atoms with Gasteiger partial charge in [-0.25, -0.2) is 23.4 Å². The van der Waals surface area contributed by atoms with E-state index < -0.39 is 47.8 Å². The zero-order valence-corrected chi connectivity index (χ0v) is 24.1. The zero-order valence-electron chi connectivity index (χ0n) is 24.1. The lowest BCUT2D eigenvalue weighted by Gasteiger charge is -2.55. The molecule has 2 aliphatic rings. The molecule has 2 N–H and O–H groups in total. The van der Waals surface area contributed by atoms with Gasteiger partial charge in [0.15, 0.2) is 0 Å². The number of urea groups is 1. The van der Waals surface area contributed by atoms with E-state index in [9.17, 15) is 28.0 Å². The van der Waals surface area contributed by atoms with Crippen LogP contribution in [0, 0.1) is 24.0 Å². The van der Waals surface area contributed by atoms with Crippen LogP contribution < -0.4 is 10.6 Å². The summed E-state index contributed by atoms with van der Waals surface area (Å²) < 4.78 is 33.2. The topological polar surface area (TPSA) is 115 Å². The lowest BCUT2D eigenvalue weighted by Crippen LogP contribution is -2.76. The number of carbonyl (C=O) groups is 4. The third-order valence-corrected chi connectivity index (χ3v) is 7.23. The summed E-state index contributed by atoms with van der Waals surface area (Å²) in [5.74, 6) is -0.00160. The maximum Gasteiger partial charge on any atom is 0.407 e. The Morgan fingerprint density at radius 2 is 1.91 bits per heavy atom. The van der Waals surface area contributed by atoms with Crippen molar-refractivity contribution in [3.63, 3.8) is 0 Å². The number of nitrogens with one attached hydrogen (secondary N) is 2. The highest BCUT2D eigenvalue weighted by molar-refractivity contribution is 5.91. The van der Waals surface area contributed by atoms with E-state index in [1.165, 1.54) is 32.0 Å². The van der Waals surface area contributed by atoms with Crippen molar-refractivity contribution in [1.29, 1.82) is 0 Å². The number of hydrazine groups is 1. The Bertz CT molecular complexity index is 1420. The molecule has 232 valence electrons. The predicted molar refractivity (Wildman–Crippen MR) is 156 cm³/mol. The fourth-order valence-electron chi connectivity index (χ4n) is 5.24. The van der Waals surface area contributed by atoms with Crippen molar-refractivity contribution in [3.8, 4) is 12.3 Å². The minimum atomic E-state index is -1.03. The molecule has 2 aromatic rings. The summed E-state index contributed by atoms with van der Waals surface area (Å²) >= 11 is 0. The lowest BCUT2D eigenvalue weighted by atomic mass is 10.0. The van der Waals surface area contributed by atoms with Crippen molar-refractivity contribution >= 4 is 23.9 Å². The van der Waals surface area contributed by atoms with Crippen molar-refractivity contribution in [2.45, 2.75) is 38.1 Å². The van der Waals surface area contributed by atoms with Gasteiger partial charge in [-0.15, -0.1) is 6.42 Å². The van der Waals surface area contributed by atoms with E-state index in [1.807, 2.05) is 30.3 Å². The van der Waals surface area contributed by atoms with Crippen LogP contribution >= 0.6 is 0 Å². The number of fused-ring (bicyclic) bond motifs is 1. The van der Waals surface area contributed by atoms with E-state index in [-0.39, 0.29) is 64.3 Å². The second kappa shape index (κ2) is 15.0. The number of piperazine rings is 1. The van der Waals surface area contributed by atoms with Crippen LogP contribution in [-0.4, -0.2) is 88.7 Å². The SMILES string of the molecule is C#CCN1CC(=O)N2[C@@H](CCCNC(=O)OCC=C)C(=O)N(Cc3ccc(F)cc3F)C[C@@H]2N1C(=O)NCc1ccccc1. The molecule has 2 heterocycles. The van der Waals surface area contributed by atoms with Crippen LogP contribution in [0.15, 0.2) is 61.2 Å². The second-order valence-electron chi connectivity index (χ2n) is 10.2. The molecule has 13 heteroatoms. The van der Waals surface area contributed by atoms with Gasteiger partial charge in [0.05, 0.1) is 19.6 Å². The quantitative estimate of drug-likeness (QED) is 0.230. The first-order chi connectivity index (χ1) is 21.2. The lowest BCUT2D eigenvalue weighted by molar-refractivity contribution is -0.189. The van der Waals surface area contributed by atoms with Crippen molar-refractivity contribution in [1.82, 2.24) is 30.5 Å². The van der Waals surface area contributed by atoms with Gasteiger partial charge in [0.2, 0.25) is 11.8 Å². The molecule has 2 atom stereocenters. The highest BCUT2D eigenvalue weighted by Crippen LogP contribution is 2.29. The Hall–Kier alpha value is -4.96. The fourth-order valence-corrected chi connectivity index (χ4v) is 5.24. The standard InChI is InChI=1S/C31H34F2N6O5/c1-3-15-37-21-28(40)38-26(11-8-14-34-31(43)44-16-4-2)29(41)36(19-23-12-13-24(32)17-25(23)33)20-27(38)39(37)30(42)35-18-22-9-6-5-7-10-22/h1,4-7,9-10,12-13,17,26-27H,2,8,11,14-16,18-21H2,(H,34,43)(H,35,42)/t26-,27-/m0/s1. The smallest absolute Gasteiger partial charge is 0.407 e. The van der Waals surface area contributed by atoms with Gasteiger partial charge in [0, 0.05) is 31.3 Å². The van der Waals surface area contributed by atoms with Gasteiger partial charge in [0.25, 0.3) is 0 Å². The highest BCUT2D eigenvalue weighted by Gasteiger charge is 2.51. The summed E-state index contributed by atoms with van der Waals surface area (Å²) in [6.45, 7) is 3.17. The molecule has 0 spiro atoms. The van der Waals surface area contributed by atoms with Gasteiger partial charge in [-0.3, -0.25) is 9.59 Å². The van der Waals surface area contributed by atoms with Crippen molar-refractivity contribution in [2.75, 3.05) is 32.8 Å². The van der Waals surface area contributed by atoms with Crippen LogP contribution in [0.4, 0.5) is 18.4 Å². The average Bonchev–Trinajstić information content (AvgIpc) is 3.00. The summed E-state index contributed by atoms with van der Waals surface area (Å²) in [5.41, 5.74) is 0.916. The first kappa shape index (κ1) is 32.0. The Morgan fingerprint density at radius 1 is 1.14 bits per heavy atom. The number of hydrogen-bond donors (Lipinski definition) is 2. The molecule has 0 aromatic heterocycles. The molecule has 2 aliphatic heterocycles. The van der Waals surface area contributed by atoms with Crippen molar-refractivity contribution in [2.24, 2.45) is 0 Å². The van der Waals surface area contributed by atoms with Crippen LogP contribution in [-0.2, 0) is 27.4 Å². The number of hydrogen-bond acceptors (Lipinski definition) is 6. The summed E-state index contributed by atoms with van der Waals surface area (Å²) in [6, 6.07) is 10.7.